The summed E-state index contributed by atoms with van der Waals surface area (Å²) >= 11 is 0. The minimum atomic E-state index is -4.66. The molecule has 0 spiro atoms. The fourth-order valence-electron chi connectivity index (χ4n) is 2.77. The van der Waals surface area contributed by atoms with Crippen LogP contribution >= 0.6 is 0 Å². The maximum absolute atomic E-state index is 13.3. The molecule has 0 aliphatic carbocycles. The van der Waals surface area contributed by atoms with Crippen molar-refractivity contribution in [2.75, 3.05) is 27.1 Å². The third kappa shape index (κ3) is 7.74. The Morgan fingerprint density at radius 2 is 1.87 bits per heavy atom. The molecule has 0 aliphatic rings. The Labute approximate surface area is 179 Å². The standard InChI is InChI=1S/C22H25F3N2O4/c1-15(2)8-21(17-9-19(13-27-12-17)30-14-29-7-6-28-3)31-18-5-4-16(11-26)20(10-18)22(23,24)25/h4-5,9-10,12-13,15,21H,6-8,14H2,1-3H3. The van der Waals surface area contributed by atoms with E-state index < -0.39 is 23.4 Å². The lowest BCUT2D eigenvalue weighted by atomic mass is 10.00. The van der Waals surface area contributed by atoms with Gasteiger partial charge in [0.1, 0.15) is 17.6 Å². The summed E-state index contributed by atoms with van der Waals surface area (Å²) in [5.41, 5.74) is -0.828. The topological polar surface area (TPSA) is 73.6 Å². The smallest absolute Gasteiger partial charge is 0.417 e. The molecule has 0 saturated carbocycles. The Morgan fingerprint density at radius 3 is 2.52 bits per heavy atom. The van der Waals surface area contributed by atoms with E-state index in [1.165, 1.54) is 12.3 Å². The van der Waals surface area contributed by atoms with Crippen LogP contribution in [0.3, 0.4) is 0 Å². The van der Waals surface area contributed by atoms with Crippen molar-refractivity contribution < 1.29 is 32.1 Å². The van der Waals surface area contributed by atoms with Crippen molar-refractivity contribution >= 4 is 0 Å². The minimum Gasteiger partial charge on any atom is -0.486 e. The maximum Gasteiger partial charge on any atom is 0.417 e. The molecule has 0 saturated heterocycles. The molecule has 0 radical (unpaired) electrons. The van der Waals surface area contributed by atoms with Crippen molar-refractivity contribution in [1.82, 2.24) is 4.98 Å². The number of nitriles is 1. The Bertz CT molecular complexity index is 882. The first-order valence-electron chi connectivity index (χ1n) is 9.67. The number of hydrogen-bond acceptors (Lipinski definition) is 6. The predicted molar refractivity (Wildman–Crippen MR) is 107 cm³/mol. The summed E-state index contributed by atoms with van der Waals surface area (Å²) in [5, 5.41) is 8.97. The van der Waals surface area contributed by atoms with Crippen molar-refractivity contribution in [1.29, 1.82) is 5.26 Å². The van der Waals surface area contributed by atoms with Crippen LogP contribution in [-0.2, 0) is 15.7 Å². The lowest BCUT2D eigenvalue weighted by molar-refractivity contribution is -0.137. The first-order chi connectivity index (χ1) is 14.7. The zero-order valence-corrected chi connectivity index (χ0v) is 17.6. The van der Waals surface area contributed by atoms with Gasteiger partial charge in [-0.05, 0) is 36.6 Å². The number of nitrogens with zero attached hydrogens (tertiary/aromatic N) is 2. The number of pyridine rings is 1. The first kappa shape index (κ1) is 24.4. The molecule has 2 rings (SSSR count). The molecule has 0 fully saturated rings. The van der Waals surface area contributed by atoms with Crippen LogP contribution in [0.4, 0.5) is 13.2 Å². The zero-order chi connectivity index (χ0) is 22.9. The summed E-state index contributed by atoms with van der Waals surface area (Å²) in [6, 6.07) is 6.60. The molecule has 9 heteroatoms. The molecule has 0 amide bonds. The fourth-order valence-corrected chi connectivity index (χ4v) is 2.77. The molecular formula is C22H25F3N2O4. The highest BCUT2D eigenvalue weighted by atomic mass is 19.4. The second-order valence-electron chi connectivity index (χ2n) is 7.17. The molecule has 0 bridgehead atoms. The third-order valence-electron chi connectivity index (χ3n) is 4.23. The van der Waals surface area contributed by atoms with Gasteiger partial charge in [-0.2, -0.15) is 18.4 Å². The van der Waals surface area contributed by atoms with Gasteiger partial charge in [-0.15, -0.1) is 0 Å². The van der Waals surface area contributed by atoms with Gasteiger partial charge in [0.15, 0.2) is 6.79 Å². The summed E-state index contributed by atoms with van der Waals surface area (Å²) in [5.74, 6) is 0.668. The highest BCUT2D eigenvalue weighted by molar-refractivity contribution is 5.44. The third-order valence-corrected chi connectivity index (χ3v) is 4.23. The molecule has 1 aromatic carbocycles. The number of ether oxygens (including phenoxy) is 4. The van der Waals surface area contributed by atoms with E-state index in [2.05, 4.69) is 4.98 Å². The van der Waals surface area contributed by atoms with Crippen LogP contribution in [0.25, 0.3) is 0 Å². The van der Waals surface area contributed by atoms with E-state index in [1.54, 1.807) is 25.4 Å². The van der Waals surface area contributed by atoms with Crippen LogP contribution in [0.15, 0.2) is 36.7 Å². The van der Waals surface area contributed by atoms with E-state index in [1.807, 2.05) is 13.8 Å². The Hall–Kier alpha value is -2.83. The van der Waals surface area contributed by atoms with Gasteiger partial charge in [-0.25, -0.2) is 0 Å². The van der Waals surface area contributed by atoms with E-state index in [0.717, 1.165) is 12.1 Å². The van der Waals surface area contributed by atoms with Crippen molar-refractivity contribution in [3.63, 3.8) is 0 Å². The first-order valence-corrected chi connectivity index (χ1v) is 9.67. The average molecular weight is 438 g/mol. The SMILES string of the molecule is COCCOCOc1cncc(C(CC(C)C)Oc2ccc(C#N)c(C(F)(F)F)c2)c1. The number of halogens is 3. The van der Waals surface area contributed by atoms with Gasteiger partial charge < -0.3 is 18.9 Å². The molecule has 1 atom stereocenters. The molecule has 1 aromatic heterocycles. The molecular weight excluding hydrogens is 413 g/mol. The molecule has 1 heterocycles. The quantitative estimate of drug-likeness (QED) is 0.357. The van der Waals surface area contributed by atoms with E-state index >= 15 is 0 Å². The summed E-state index contributed by atoms with van der Waals surface area (Å²) in [4.78, 5) is 4.15. The predicted octanol–water partition coefficient (Wildman–Crippen LogP) is 5.14. The molecule has 6 nitrogen and oxygen atoms in total. The average Bonchev–Trinajstić information content (AvgIpc) is 2.72. The Kier molecular flexibility index (Phi) is 9.09. The number of alkyl halides is 3. The van der Waals surface area contributed by atoms with E-state index in [9.17, 15) is 13.2 Å². The number of methoxy groups -OCH3 is 1. The summed E-state index contributed by atoms with van der Waals surface area (Å²) in [6.07, 6.45) is -1.58. The van der Waals surface area contributed by atoms with Crippen molar-refractivity contribution in [3.8, 4) is 17.6 Å². The molecule has 2 aromatic rings. The van der Waals surface area contributed by atoms with Crippen molar-refractivity contribution in [2.45, 2.75) is 32.5 Å². The van der Waals surface area contributed by atoms with Crippen molar-refractivity contribution in [3.05, 3.63) is 53.3 Å². The molecule has 0 aliphatic heterocycles. The second kappa shape index (κ2) is 11.5. The highest BCUT2D eigenvalue weighted by Crippen LogP contribution is 2.36. The van der Waals surface area contributed by atoms with E-state index in [-0.39, 0.29) is 18.5 Å². The lowest BCUT2D eigenvalue weighted by Gasteiger charge is -2.22. The molecule has 1 unspecified atom stereocenters. The maximum atomic E-state index is 13.3. The normalized spacial score (nSPS) is 12.5. The Morgan fingerprint density at radius 1 is 1.10 bits per heavy atom. The summed E-state index contributed by atoms with van der Waals surface area (Å²) in [6.45, 7) is 4.79. The van der Waals surface area contributed by atoms with E-state index in [0.29, 0.717) is 30.9 Å². The van der Waals surface area contributed by atoms with E-state index in [4.69, 9.17) is 24.2 Å². The lowest BCUT2D eigenvalue weighted by Crippen LogP contribution is -2.13. The monoisotopic (exact) mass is 438 g/mol. The second-order valence-corrected chi connectivity index (χ2v) is 7.17. The van der Waals surface area contributed by atoms with Gasteiger partial charge in [0, 0.05) is 18.9 Å². The van der Waals surface area contributed by atoms with Gasteiger partial charge in [0.25, 0.3) is 0 Å². The van der Waals surface area contributed by atoms with Gasteiger partial charge in [0.05, 0.1) is 36.6 Å². The van der Waals surface area contributed by atoms with Gasteiger partial charge in [-0.3, -0.25) is 4.98 Å². The number of hydrogen-bond donors (Lipinski definition) is 0. The van der Waals surface area contributed by atoms with Crippen LogP contribution < -0.4 is 9.47 Å². The van der Waals surface area contributed by atoms with Gasteiger partial charge in [0.2, 0.25) is 0 Å². The number of benzene rings is 1. The van der Waals surface area contributed by atoms with Crippen LogP contribution in [0.1, 0.15) is 43.1 Å². The zero-order valence-electron chi connectivity index (χ0n) is 17.6. The highest BCUT2D eigenvalue weighted by Gasteiger charge is 2.34. The Balaban J connectivity index is 2.21. The number of rotatable bonds is 11. The summed E-state index contributed by atoms with van der Waals surface area (Å²) in [7, 11) is 1.57. The molecule has 168 valence electrons. The molecule has 0 N–H and O–H groups in total. The van der Waals surface area contributed by atoms with Crippen LogP contribution in [0.5, 0.6) is 11.5 Å². The van der Waals surface area contributed by atoms with Gasteiger partial charge >= 0.3 is 6.18 Å². The van der Waals surface area contributed by atoms with Crippen LogP contribution in [0.2, 0.25) is 0 Å². The molecule has 31 heavy (non-hydrogen) atoms. The van der Waals surface area contributed by atoms with Gasteiger partial charge in [-0.1, -0.05) is 13.8 Å². The van der Waals surface area contributed by atoms with Crippen molar-refractivity contribution in [2.24, 2.45) is 5.92 Å². The minimum absolute atomic E-state index is 0.00869. The largest absolute Gasteiger partial charge is 0.486 e. The fraction of sp³-hybridized carbons (Fsp3) is 0.455. The van der Waals surface area contributed by atoms with Crippen LogP contribution in [-0.4, -0.2) is 32.1 Å². The number of aromatic nitrogens is 1. The van der Waals surface area contributed by atoms with Crippen LogP contribution in [0, 0.1) is 17.2 Å². The summed E-state index contributed by atoms with van der Waals surface area (Å²) < 4.78 is 61.4.